The maximum atomic E-state index is 6.29. The zero-order valence-electron chi connectivity index (χ0n) is 10.1. The monoisotopic (exact) mass is 274 g/mol. The average molecular weight is 275 g/mol. The second kappa shape index (κ2) is 4.34. The molecule has 0 aliphatic rings. The molecule has 3 rings (SSSR count). The van der Waals surface area contributed by atoms with Crippen LogP contribution < -0.4 is 0 Å². The lowest BCUT2D eigenvalue weighted by Gasteiger charge is -2.06. The number of hydrogen-bond acceptors (Lipinski definition) is 3. The van der Waals surface area contributed by atoms with E-state index in [4.69, 9.17) is 11.6 Å². The number of aromatic nitrogens is 2. The van der Waals surface area contributed by atoms with E-state index in [-0.39, 0.29) is 0 Å². The van der Waals surface area contributed by atoms with Crippen LogP contribution in [0.2, 0.25) is 5.15 Å². The van der Waals surface area contributed by atoms with E-state index < -0.39 is 0 Å². The van der Waals surface area contributed by atoms with Gasteiger partial charge in [-0.2, -0.15) is 11.3 Å². The lowest BCUT2D eigenvalue weighted by molar-refractivity contribution is 1.22. The van der Waals surface area contributed by atoms with Gasteiger partial charge in [-0.05, 0) is 36.4 Å². The number of thiophene rings is 1. The molecule has 0 fully saturated rings. The smallest absolute Gasteiger partial charge is 0.162 e. The largest absolute Gasteiger partial charge is 0.228 e. The van der Waals surface area contributed by atoms with E-state index in [0.717, 1.165) is 22.0 Å². The summed E-state index contributed by atoms with van der Waals surface area (Å²) in [7, 11) is 0. The highest BCUT2D eigenvalue weighted by atomic mass is 35.5. The second-order valence-corrected chi connectivity index (χ2v) is 5.38. The quantitative estimate of drug-likeness (QED) is 0.605. The van der Waals surface area contributed by atoms with Gasteiger partial charge < -0.3 is 0 Å². The van der Waals surface area contributed by atoms with Gasteiger partial charge in [-0.1, -0.05) is 23.7 Å². The topological polar surface area (TPSA) is 25.8 Å². The maximum Gasteiger partial charge on any atom is 0.162 e. The van der Waals surface area contributed by atoms with Crippen LogP contribution in [0.1, 0.15) is 11.1 Å². The summed E-state index contributed by atoms with van der Waals surface area (Å²) >= 11 is 7.94. The zero-order chi connectivity index (χ0) is 12.7. The van der Waals surface area contributed by atoms with Crippen molar-refractivity contribution in [3.63, 3.8) is 0 Å². The molecule has 0 aliphatic heterocycles. The van der Waals surface area contributed by atoms with Crippen LogP contribution >= 0.6 is 22.9 Å². The van der Waals surface area contributed by atoms with Crippen molar-refractivity contribution in [3.05, 3.63) is 45.2 Å². The van der Waals surface area contributed by atoms with Crippen molar-refractivity contribution in [1.82, 2.24) is 9.97 Å². The fraction of sp³-hybridized carbons (Fsp3) is 0.143. The first kappa shape index (κ1) is 11.6. The average Bonchev–Trinajstić information content (AvgIpc) is 2.75. The highest BCUT2D eigenvalue weighted by Gasteiger charge is 2.11. The van der Waals surface area contributed by atoms with E-state index in [9.17, 15) is 0 Å². The Labute approximate surface area is 114 Å². The summed E-state index contributed by atoms with van der Waals surface area (Å²) < 4.78 is 0. The first-order valence-corrected chi connectivity index (χ1v) is 6.95. The molecule has 0 bridgehead atoms. The normalized spacial score (nSPS) is 11.1. The molecule has 0 radical (unpaired) electrons. The summed E-state index contributed by atoms with van der Waals surface area (Å²) in [6.45, 7) is 4.08. The first-order chi connectivity index (χ1) is 8.66. The van der Waals surface area contributed by atoms with Crippen LogP contribution in [0.25, 0.3) is 22.3 Å². The van der Waals surface area contributed by atoms with Gasteiger partial charge in [0, 0.05) is 16.3 Å². The van der Waals surface area contributed by atoms with Crippen LogP contribution in [-0.2, 0) is 0 Å². The van der Waals surface area contributed by atoms with Gasteiger partial charge >= 0.3 is 0 Å². The summed E-state index contributed by atoms with van der Waals surface area (Å²) in [5, 5.41) is 5.62. The molecule has 0 unspecified atom stereocenters. The van der Waals surface area contributed by atoms with Crippen LogP contribution in [0.5, 0.6) is 0 Å². The predicted molar refractivity (Wildman–Crippen MR) is 77.3 cm³/mol. The van der Waals surface area contributed by atoms with Crippen molar-refractivity contribution >= 4 is 33.8 Å². The highest BCUT2D eigenvalue weighted by molar-refractivity contribution is 7.08. The Bertz CT molecular complexity index is 734. The molecule has 0 amide bonds. The zero-order valence-corrected chi connectivity index (χ0v) is 11.6. The van der Waals surface area contributed by atoms with Crippen molar-refractivity contribution in [2.45, 2.75) is 13.8 Å². The molecule has 2 nitrogen and oxygen atoms in total. The summed E-state index contributed by atoms with van der Waals surface area (Å²) in [5.41, 5.74) is 4.25. The number of rotatable bonds is 1. The van der Waals surface area contributed by atoms with E-state index in [0.29, 0.717) is 11.0 Å². The molecule has 0 saturated heterocycles. The third kappa shape index (κ3) is 1.80. The SMILES string of the molecule is Cc1cscc1-c1nc(Cl)c2c(C)cccc2n1. The molecule has 0 aliphatic carbocycles. The number of halogens is 1. The number of benzene rings is 1. The Morgan fingerprint density at radius 3 is 2.61 bits per heavy atom. The lowest BCUT2D eigenvalue weighted by atomic mass is 10.1. The Morgan fingerprint density at radius 2 is 1.89 bits per heavy atom. The molecule has 0 saturated carbocycles. The van der Waals surface area contributed by atoms with Gasteiger partial charge in [0.15, 0.2) is 5.82 Å². The van der Waals surface area contributed by atoms with Gasteiger partial charge in [0.25, 0.3) is 0 Å². The Morgan fingerprint density at radius 1 is 1.06 bits per heavy atom. The van der Waals surface area contributed by atoms with Crippen LogP contribution in [-0.4, -0.2) is 9.97 Å². The van der Waals surface area contributed by atoms with Gasteiger partial charge in [-0.15, -0.1) is 0 Å². The first-order valence-electron chi connectivity index (χ1n) is 5.63. The van der Waals surface area contributed by atoms with E-state index >= 15 is 0 Å². The van der Waals surface area contributed by atoms with Crippen molar-refractivity contribution in [3.8, 4) is 11.4 Å². The Kier molecular flexibility index (Phi) is 2.80. The Hall–Kier alpha value is -1.45. The molecule has 0 N–H and O–H groups in total. The van der Waals surface area contributed by atoms with Crippen LogP contribution in [0.4, 0.5) is 0 Å². The number of aryl methyl sites for hydroxylation is 2. The second-order valence-electron chi connectivity index (χ2n) is 4.28. The van der Waals surface area contributed by atoms with E-state index in [2.05, 4.69) is 27.7 Å². The molecule has 0 spiro atoms. The van der Waals surface area contributed by atoms with Crippen molar-refractivity contribution in [2.75, 3.05) is 0 Å². The number of fused-ring (bicyclic) bond motifs is 1. The molecule has 18 heavy (non-hydrogen) atoms. The molecule has 0 atom stereocenters. The molecule has 90 valence electrons. The lowest BCUT2D eigenvalue weighted by Crippen LogP contribution is -1.93. The molecule has 3 aromatic rings. The predicted octanol–water partition coefficient (Wildman–Crippen LogP) is 4.63. The Balaban J connectivity index is 2.32. The van der Waals surface area contributed by atoms with Gasteiger partial charge in [0.05, 0.1) is 5.52 Å². The summed E-state index contributed by atoms with van der Waals surface area (Å²) in [5.74, 6) is 0.705. The number of hydrogen-bond donors (Lipinski definition) is 0. The van der Waals surface area contributed by atoms with Crippen LogP contribution in [0.15, 0.2) is 29.0 Å². The molecular formula is C14H11ClN2S. The third-order valence-corrected chi connectivity index (χ3v) is 4.12. The van der Waals surface area contributed by atoms with Gasteiger partial charge in [-0.3, -0.25) is 0 Å². The summed E-state index contributed by atoms with van der Waals surface area (Å²) in [6.07, 6.45) is 0. The maximum absolute atomic E-state index is 6.29. The highest BCUT2D eigenvalue weighted by Crippen LogP contribution is 2.29. The van der Waals surface area contributed by atoms with Crippen molar-refractivity contribution < 1.29 is 0 Å². The summed E-state index contributed by atoms with van der Waals surface area (Å²) in [6, 6.07) is 5.99. The van der Waals surface area contributed by atoms with Gasteiger partial charge in [0.2, 0.25) is 0 Å². The minimum absolute atomic E-state index is 0.527. The van der Waals surface area contributed by atoms with Gasteiger partial charge in [-0.25, -0.2) is 9.97 Å². The molecular weight excluding hydrogens is 264 g/mol. The molecule has 4 heteroatoms. The van der Waals surface area contributed by atoms with Crippen molar-refractivity contribution in [2.24, 2.45) is 0 Å². The summed E-state index contributed by atoms with van der Waals surface area (Å²) in [4.78, 5) is 9.04. The fourth-order valence-corrected chi connectivity index (χ4v) is 3.16. The molecule has 1 aromatic carbocycles. The van der Waals surface area contributed by atoms with E-state index in [1.807, 2.05) is 25.1 Å². The van der Waals surface area contributed by atoms with Crippen LogP contribution in [0.3, 0.4) is 0 Å². The van der Waals surface area contributed by atoms with Gasteiger partial charge in [0.1, 0.15) is 5.15 Å². The number of nitrogens with zero attached hydrogens (tertiary/aromatic N) is 2. The third-order valence-electron chi connectivity index (χ3n) is 2.98. The minimum Gasteiger partial charge on any atom is -0.228 e. The molecule has 2 aromatic heterocycles. The van der Waals surface area contributed by atoms with Crippen LogP contribution in [0, 0.1) is 13.8 Å². The minimum atomic E-state index is 0.527. The fourth-order valence-electron chi connectivity index (χ4n) is 2.01. The van der Waals surface area contributed by atoms with Crippen molar-refractivity contribution in [1.29, 1.82) is 0 Å². The molecule has 2 heterocycles. The van der Waals surface area contributed by atoms with E-state index in [1.54, 1.807) is 11.3 Å². The van der Waals surface area contributed by atoms with E-state index in [1.165, 1.54) is 5.56 Å². The standard InChI is InChI=1S/C14H11ClN2S/c1-8-4-3-5-11-12(8)13(15)17-14(16-11)10-7-18-6-9(10)2/h3-7H,1-2H3.